The highest BCUT2D eigenvalue weighted by molar-refractivity contribution is 7.22. The van der Waals surface area contributed by atoms with Crippen molar-refractivity contribution in [3.05, 3.63) is 58.1 Å². The third-order valence-electron chi connectivity index (χ3n) is 2.92. The van der Waals surface area contributed by atoms with Crippen LogP contribution < -0.4 is 5.32 Å². The normalized spacial score (nSPS) is 10.8. The van der Waals surface area contributed by atoms with Crippen LogP contribution >= 0.6 is 34.5 Å². The maximum atomic E-state index is 12.0. The van der Waals surface area contributed by atoms with Gasteiger partial charge in [0.15, 0.2) is 10.9 Å². The van der Waals surface area contributed by atoms with E-state index in [1.54, 1.807) is 30.3 Å². The highest BCUT2D eigenvalue weighted by Gasteiger charge is 2.08. The third kappa shape index (κ3) is 3.35. The van der Waals surface area contributed by atoms with Crippen LogP contribution in [-0.2, 0) is 0 Å². The number of anilines is 1. The molecule has 0 fully saturated rings. The molecule has 0 aliphatic carbocycles. The molecule has 3 aromatic rings. The number of hydrogen-bond acceptors (Lipinski definition) is 4. The Kier molecular flexibility index (Phi) is 4.10. The van der Waals surface area contributed by atoms with Crippen LogP contribution in [0.15, 0.2) is 42.5 Å². The van der Waals surface area contributed by atoms with E-state index in [0.717, 1.165) is 10.2 Å². The molecule has 1 aromatic heterocycles. The maximum Gasteiger partial charge on any atom is 0.184 e. The fourth-order valence-corrected chi connectivity index (χ4v) is 3.13. The SMILES string of the molecule is O=C(CNc1nc2ccc(Cl)cc2s1)c1ccc(Cl)cc1. The van der Waals surface area contributed by atoms with Gasteiger partial charge in [0.05, 0.1) is 16.8 Å². The summed E-state index contributed by atoms with van der Waals surface area (Å²) in [5, 5.41) is 5.04. The second kappa shape index (κ2) is 6.02. The average molecular weight is 337 g/mol. The van der Waals surface area contributed by atoms with E-state index < -0.39 is 0 Å². The van der Waals surface area contributed by atoms with E-state index in [2.05, 4.69) is 10.3 Å². The summed E-state index contributed by atoms with van der Waals surface area (Å²) in [4.78, 5) is 16.5. The second-order valence-corrected chi connectivity index (χ2v) is 6.32. The summed E-state index contributed by atoms with van der Waals surface area (Å²) in [6, 6.07) is 12.4. The smallest absolute Gasteiger partial charge is 0.184 e. The lowest BCUT2D eigenvalue weighted by atomic mass is 10.1. The zero-order valence-electron chi connectivity index (χ0n) is 10.8. The number of aromatic nitrogens is 1. The number of hydrogen-bond donors (Lipinski definition) is 1. The first-order valence-corrected chi connectivity index (χ1v) is 7.78. The first-order chi connectivity index (χ1) is 10.1. The molecule has 0 saturated carbocycles. The largest absolute Gasteiger partial charge is 0.354 e. The minimum absolute atomic E-state index is 0.0102. The van der Waals surface area contributed by atoms with Crippen LogP contribution in [0.4, 0.5) is 5.13 Å². The van der Waals surface area contributed by atoms with Gasteiger partial charge in [0, 0.05) is 15.6 Å². The van der Waals surface area contributed by atoms with Gasteiger partial charge in [-0.05, 0) is 42.5 Å². The molecule has 0 bridgehead atoms. The topological polar surface area (TPSA) is 42.0 Å². The molecule has 2 aromatic carbocycles. The summed E-state index contributed by atoms with van der Waals surface area (Å²) >= 11 is 13.2. The van der Waals surface area contributed by atoms with Gasteiger partial charge < -0.3 is 5.32 Å². The van der Waals surface area contributed by atoms with Gasteiger partial charge in [-0.2, -0.15) is 0 Å². The molecule has 106 valence electrons. The Morgan fingerprint density at radius 1 is 1.10 bits per heavy atom. The van der Waals surface area contributed by atoms with Crippen LogP contribution in [0.25, 0.3) is 10.2 Å². The summed E-state index contributed by atoms with van der Waals surface area (Å²) in [6.07, 6.45) is 0. The lowest BCUT2D eigenvalue weighted by Crippen LogP contribution is -2.13. The minimum atomic E-state index is -0.0102. The predicted molar refractivity (Wildman–Crippen MR) is 88.9 cm³/mol. The van der Waals surface area contributed by atoms with Gasteiger partial charge in [0.25, 0.3) is 0 Å². The zero-order chi connectivity index (χ0) is 14.8. The summed E-state index contributed by atoms with van der Waals surface area (Å²) in [6.45, 7) is 0.190. The summed E-state index contributed by atoms with van der Waals surface area (Å²) in [7, 11) is 0. The molecular weight excluding hydrogens is 327 g/mol. The molecule has 0 atom stereocenters. The monoisotopic (exact) mass is 336 g/mol. The lowest BCUT2D eigenvalue weighted by Gasteiger charge is -2.02. The van der Waals surface area contributed by atoms with Gasteiger partial charge in [0.1, 0.15) is 0 Å². The number of nitrogens with one attached hydrogen (secondary N) is 1. The van der Waals surface area contributed by atoms with E-state index >= 15 is 0 Å². The lowest BCUT2D eigenvalue weighted by molar-refractivity contribution is 0.101. The molecule has 0 saturated heterocycles. The van der Waals surface area contributed by atoms with E-state index in [-0.39, 0.29) is 12.3 Å². The fourth-order valence-electron chi connectivity index (χ4n) is 1.87. The Morgan fingerprint density at radius 3 is 2.57 bits per heavy atom. The molecule has 1 heterocycles. The van der Waals surface area contributed by atoms with Crippen molar-refractivity contribution in [2.75, 3.05) is 11.9 Å². The first-order valence-electron chi connectivity index (χ1n) is 6.20. The van der Waals surface area contributed by atoms with Crippen molar-refractivity contribution < 1.29 is 4.79 Å². The third-order valence-corrected chi connectivity index (χ3v) is 4.38. The number of ketones is 1. The number of Topliss-reactive ketones (excluding diaryl/α,β-unsaturated/α-hetero) is 1. The Morgan fingerprint density at radius 2 is 1.81 bits per heavy atom. The number of nitrogens with zero attached hydrogens (tertiary/aromatic N) is 1. The Balaban J connectivity index is 1.71. The summed E-state index contributed by atoms with van der Waals surface area (Å²) in [5.74, 6) is -0.0102. The van der Waals surface area contributed by atoms with Crippen LogP contribution in [-0.4, -0.2) is 17.3 Å². The predicted octanol–water partition coefficient (Wildman–Crippen LogP) is 4.90. The number of fused-ring (bicyclic) bond motifs is 1. The Hall–Kier alpha value is -1.62. The van der Waals surface area contributed by atoms with Gasteiger partial charge in [-0.1, -0.05) is 34.5 Å². The number of carbonyl (C=O) groups excluding carboxylic acids is 1. The fraction of sp³-hybridized carbons (Fsp3) is 0.0667. The molecule has 6 heteroatoms. The maximum absolute atomic E-state index is 12.0. The van der Waals surface area contributed by atoms with E-state index in [9.17, 15) is 4.79 Å². The van der Waals surface area contributed by atoms with E-state index in [4.69, 9.17) is 23.2 Å². The standard InChI is InChI=1S/C15H10Cl2N2OS/c16-10-3-1-9(2-4-10)13(20)8-18-15-19-12-6-5-11(17)7-14(12)21-15/h1-7H,8H2,(H,18,19). The van der Waals surface area contributed by atoms with Crippen LogP contribution in [0.5, 0.6) is 0 Å². The van der Waals surface area contributed by atoms with Crippen molar-refractivity contribution in [3.63, 3.8) is 0 Å². The molecule has 3 nitrogen and oxygen atoms in total. The molecule has 0 unspecified atom stereocenters. The summed E-state index contributed by atoms with van der Waals surface area (Å²) in [5.41, 5.74) is 1.49. The van der Waals surface area contributed by atoms with Gasteiger partial charge in [-0.25, -0.2) is 4.98 Å². The number of benzene rings is 2. The van der Waals surface area contributed by atoms with Crippen molar-refractivity contribution >= 4 is 55.7 Å². The van der Waals surface area contributed by atoms with Crippen LogP contribution in [0.1, 0.15) is 10.4 Å². The van der Waals surface area contributed by atoms with E-state index in [1.807, 2.05) is 12.1 Å². The molecule has 0 aliphatic heterocycles. The van der Waals surface area contributed by atoms with E-state index in [1.165, 1.54) is 11.3 Å². The summed E-state index contributed by atoms with van der Waals surface area (Å²) < 4.78 is 0.990. The van der Waals surface area contributed by atoms with Crippen molar-refractivity contribution in [3.8, 4) is 0 Å². The van der Waals surface area contributed by atoms with E-state index in [0.29, 0.717) is 20.7 Å². The van der Waals surface area contributed by atoms with Gasteiger partial charge in [-0.3, -0.25) is 4.79 Å². The van der Waals surface area contributed by atoms with Crippen molar-refractivity contribution in [2.45, 2.75) is 0 Å². The Bertz CT molecular complexity index is 799. The molecule has 3 rings (SSSR count). The number of rotatable bonds is 4. The highest BCUT2D eigenvalue weighted by Crippen LogP contribution is 2.28. The minimum Gasteiger partial charge on any atom is -0.354 e. The molecule has 0 aliphatic rings. The number of carbonyl (C=O) groups is 1. The molecule has 0 radical (unpaired) electrons. The molecule has 21 heavy (non-hydrogen) atoms. The van der Waals surface area contributed by atoms with Gasteiger partial charge in [0.2, 0.25) is 0 Å². The first kappa shape index (κ1) is 14.3. The molecule has 0 spiro atoms. The van der Waals surface area contributed by atoms with Crippen LogP contribution in [0.3, 0.4) is 0 Å². The van der Waals surface area contributed by atoms with Crippen LogP contribution in [0, 0.1) is 0 Å². The Labute approximate surface area is 135 Å². The highest BCUT2D eigenvalue weighted by atomic mass is 35.5. The second-order valence-electron chi connectivity index (χ2n) is 4.41. The molecule has 1 N–H and O–H groups in total. The van der Waals surface area contributed by atoms with Crippen molar-refractivity contribution in [1.82, 2.24) is 4.98 Å². The number of halogens is 2. The average Bonchev–Trinajstić information content (AvgIpc) is 2.87. The zero-order valence-corrected chi connectivity index (χ0v) is 13.1. The molecule has 0 amide bonds. The number of thiazole rings is 1. The van der Waals surface area contributed by atoms with Crippen molar-refractivity contribution in [1.29, 1.82) is 0 Å². The van der Waals surface area contributed by atoms with Gasteiger partial charge in [-0.15, -0.1) is 0 Å². The quantitative estimate of drug-likeness (QED) is 0.689. The van der Waals surface area contributed by atoms with Crippen LogP contribution in [0.2, 0.25) is 10.0 Å². The van der Waals surface area contributed by atoms with Gasteiger partial charge >= 0.3 is 0 Å². The molecular formula is C15H10Cl2N2OS. The van der Waals surface area contributed by atoms with Crippen molar-refractivity contribution in [2.24, 2.45) is 0 Å².